The molecule has 1 heterocycles. The van der Waals surface area contributed by atoms with E-state index in [2.05, 4.69) is 5.32 Å². The summed E-state index contributed by atoms with van der Waals surface area (Å²) in [5.41, 5.74) is 0.455. The number of hydrogen-bond donors (Lipinski definition) is 2. The van der Waals surface area contributed by atoms with E-state index in [9.17, 15) is 14.4 Å². The topological polar surface area (TPSA) is 95.9 Å². The van der Waals surface area contributed by atoms with Crippen molar-refractivity contribution in [2.75, 3.05) is 26.2 Å². The Morgan fingerprint density at radius 3 is 2.64 bits per heavy atom. The number of benzene rings is 1. The number of carbonyl (C=O) groups is 3. The van der Waals surface area contributed by atoms with Crippen LogP contribution in [0.1, 0.15) is 36.5 Å². The summed E-state index contributed by atoms with van der Waals surface area (Å²) in [6.07, 6.45) is 2.20. The number of ether oxygens (including phenoxy) is 1. The molecule has 2 N–H and O–H groups in total. The Morgan fingerprint density at radius 2 is 2.00 bits per heavy atom. The molecule has 0 aromatic heterocycles. The molecule has 0 atom stereocenters. The molecule has 0 bridgehead atoms. The molecular weight excluding hydrogens is 324 g/mol. The van der Waals surface area contributed by atoms with E-state index in [1.54, 1.807) is 29.2 Å². The van der Waals surface area contributed by atoms with Crippen molar-refractivity contribution in [2.45, 2.75) is 26.2 Å². The van der Waals surface area contributed by atoms with Crippen LogP contribution in [0.5, 0.6) is 5.75 Å². The Balaban J connectivity index is 1.90. The number of likely N-dealkylation sites (tertiary alicyclic amines) is 1. The standard InChI is InChI=1S/C18H24N2O5/c1-2-8-19-17(23)13-6-9-20(10-7-13)18(24)14-4-3-5-15(11-14)25-12-16(21)22/h3-5,11,13H,2,6-10,12H2,1H3,(H,19,23)(H,21,22). The maximum atomic E-state index is 12.6. The van der Waals surface area contributed by atoms with Crippen LogP contribution in [0.15, 0.2) is 24.3 Å². The van der Waals surface area contributed by atoms with E-state index >= 15 is 0 Å². The maximum Gasteiger partial charge on any atom is 0.341 e. The highest BCUT2D eigenvalue weighted by atomic mass is 16.5. The summed E-state index contributed by atoms with van der Waals surface area (Å²) in [6.45, 7) is 3.30. The molecule has 25 heavy (non-hydrogen) atoms. The summed E-state index contributed by atoms with van der Waals surface area (Å²) in [5.74, 6) is -0.825. The zero-order valence-electron chi connectivity index (χ0n) is 14.4. The molecule has 1 aliphatic rings. The molecule has 0 unspecified atom stereocenters. The van der Waals surface area contributed by atoms with Crippen LogP contribution in [0.2, 0.25) is 0 Å². The predicted octanol–water partition coefficient (Wildman–Crippen LogP) is 1.53. The fourth-order valence-electron chi connectivity index (χ4n) is 2.78. The van der Waals surface area contributed by atoms with Gasteiger partial charge in [0.2, 0.25) is 5.91 Å². The van der Waals surface area contributed by atoms with Gasteiger partial charge in [0.25, 0.3) is 5.91 Å². The maximum absolute atomic E-state index is 12.6. The van der Waals surface area contributed by atoms with Gasteiger partial charge in [-0.2, -0.15) is 0 Å². The quantitative estimate of drug-likeness (QED) is 0.779. The Morgan fingerprint density at radius 1 is 1.28 bits per heavy atom. The van der Waals surface area contributed by atoms with Crippen molar-refractivity contribution in [1.82, 2.24) is 10.2 Å². The number of aliphatic carboxylic acids is 1. The monoisotopic (exact) mass is 348 g/mol. The second kappa shape index (κ2) is 9.05. The average molecular weight is 348 g/mol. The fourth-order valence-corrected chi connectivity index (χ4v) is 2.78. The lowest BCUT2D eigenvalue weighted by molar-refractivity contribution is -0.139. The first-order valence-corrected chi connectivity index (χ1v) is 8.53. The third kappa shape index (κ3) is 5.48. The van der Waals surface area contributed by atoms with Gasteiger partial charge in [0.15, 0.2) is 6.61 Å². The Bertz CT molecular complexity index is 624. The van der Waals surface area contributed by atoms with E-state index in [1.165, 1.54) is 0 Å². The van der Waals surface area contributed by atoms with Crippen LogP contribution in [-0.4, -0.2) is 54.0 Å². The molecule has 1 aromatic carbocycles. The number of nitrogens with zero attached hydrogens (tertiary/aromatic N) is 1. The Kier molecular flexibility index (Phi) is 6.80. The number of piperidine rings is 1. The van der Waals surface area contributed by atoms with Crippen LogP contribution in [0.4, 0.5) is 0 Å². The minimum atomic E-state index is -1.07. The summed E-state index contributed by atoms with van der Waals surface area (Å²) in [6, 6.07) is 6.50. The van der Waals surface area contributed by atoms with E-state index < -0.39 is 12.6 Å². The fraction of sp³-hybridized carbons (Fsp3) is 0.500. The van der Waals surface area contributed by atoms with Crippen LogP contribution in [-0.2, 0) is 9.59 Å². The molecule has 0 radical (unpaired) electrons. The molecule has 7 nitrogen and oxygen atoms in total. The molecule has 0 aliphatic carbocycles. The van der Waals surface area contributed by atoms with Gasteiger partial charge in [-0.25, -0.2) is 4.79 Å². The van der Waals surface area contributed by atoms with Gasteiger partial charge < -0.3 is 20.1 Å². The molecule has 136 valence electrons. The van der Waals surface area contributed by atoms with Crippen molar-refractivity contribution in [2.24, 2.45) is 5.92 Å². The van der Waals surface area contributed by atoms with Crippen molar-refractivity contribution in [3.8, 4) is 5.75 Å². The number of carboxylic acid groups (broad SMARTS) is 1. The van der Waals surface area contributed by atoms with Crippen molar-refractivity contribution in [3.05, 3.63) is 29.8 Å². The van der Waals surface area contributed by atoms with Crippen LogP contribution >= 0.6 is 0 Å². The average Bonchev–Trinajstić information content (AvgIpc) is 2.64. The SMILES string of the molecule is CCCNC(=O)C1CCN(C(=O)c2cccc(OCC(=O)O)c2)CC1. The normalized spacial score (nSPS) is 14.8. The van der Waals surface area contributed by atoms with Gasteiger partial charge in [0, 0.05) is 31.1 Å². The second-order valence-corrected chi connectivity index (χ2v) is 6.07. The van der Waals surface area contributed by atoms with Gasteiger partial charge in [0.1, 0.15) is 5.75 Å². The minimum Gasteiger partial charge on any atom is -0.482 e. The van der Waals surface area contributed by atoms with Gasteiger partial charge in [-0.05, 0) is 37.5 Å². The summed E-state index contributed by atoms with van der Waals surface area (Å²) < 4.78 is 5.11. The lowest BCUT2D eigenvalue weighted by Gasteiger charge is -2.31. The molecular formula is C18H24N2O5. The molecule has 0 spiro atoms. The predicted molar refractivity (Wildman–Crippen MR) is 91.5 cm³/mol. The first kappa shape index (κ1) is 18.8. The zero-order valence-corrected chi connectivity index (χ0v) is 14.4. The summed E-state index contributed by atoms with van der Waals surface area (Å²) in [7, 11) is 0. The summed E-state index contributed by atoms with van der Waals surface area (Å²) in [5, 5.41) is 11.5. The second-order valence-electron chi connectivity index (χ2n) is 6.07. The minimum absolute atomic E-state index is 0.0409. The van der Waals surface area contributed by atoms with Crippen LogP contribution in [0.3, 0.4) is 0 Å². The van der Waals surface area contributed by atoms with E-state index in [4.69, 9.17) is 9.84 Å². The number of carboxylic acids is 1. The molecule has 7 heteroatoms. The molecule has 1 saturated heterocycles. The highest BCUT2D eigenvalue weighted by Crippen LogP contribution is 2.21. The Hall–Kier alpha value is -2.57. The molecule has 2 amide bonds. The number of amides is 2. The van der Waals surface area contributed by atoms with Crippen molar-refractivity contribution >= 4 is 17.8 Å². The highest BCUT2D eigenvalue weighted by Gasteiger charge is 2.27. The van der Waals surface area contributed by atoms with Crippen LogP contribution < -0.4 is 10.1 Å². The first-order valence-electron chi connectivity index (χ1n) is 8.53. The van der Waals surface area contributed by atoms with Gasteiger partial charge in [0.05, 0.1) is 0 Å². The number of rotatable bonds is 7. The van der Waals surface area contributed by atoms with Crippen molar-refractivity contribution in [3.63, 3.8) is 0 Å². The third-order valence-corrected chi connectivity index (χ3v) is 4.15. The van der Waals surface area contributed by atoms with Gasteiger partial charge in [-0.15, -0.1) is 0 Å². The van der Waals surface area contributed by atoms with Crippen molar-refractivity contribution < 1.29 is 24.2 Å². The highest BCUT2D eigenvalue weighted by molar-refractivity contribution is 5.94. The summed E-state index contributed by atoms with van der Waals surface area (Å²) >= 11 is 0. The van der Waals surface area contributed by atoms with E-state index in [0.717, 1.165) is 6.42 Å². The van der Waals surface area contributed by atoms with E-state index in [1.807, 2.05) is 6.92 Å². The molecule has 0 saturated carbocycles. The van der Waals surface area contributed by atoms with Crippen molar-refractivity contribution in [1.29, 1.82) is 0 Å². The number of nitrogens with one attached hydrogen (secondary N) is 1. The summed E-state index contributed by atoms with van der Waals surface area (Å²) in [4.78, 5) is 36.9. The largest absolute Gasteiger partial charge is 0.482 e. The number of carbonyl (C=O) groups excluding carboxylic acids is 2. The van der Waals surface area contributed by atoms with Crippen LogP contribution in [0, 0.1) is 5.92 Å². The Labute approximate surface area is 147 Å². The zero-order chi connectivity index (χ0) is 18.2. The lowest BCUT2D eigenvalue weighted by atomic mass is 9.95. The number of hydrogen-bond acceptors (Lipinski definition) is 4. The van der Waals surface area contributed by atoms with Crippen LogP contribution in [0.25, 0.3) is 0 Å². The molecule has 1 aliphatic heterocycles. The third-order valence-electron chi connectivity index (χ3n) is 4.15. The van der Waals surface area contributed by atoms with Gasteiger partial charge in [-0.3, -0.25) is 9.59 Å². The smallest absolute Gasteiger partial charge is 0.341 e. The van der Waals surface area contributed by atoms with Gasteiger partial charge >= 0.3 is 5.97 Å². The van der Waals surface area contributed by atoms with Gasteiger partial charge in [-0.1, -0.05) is 13.0 Å². The first-order chi connectivity index (χ1) is 12.0. The molecule has 1 aromatic rings. The van der Waals surface area contributed by atoms with E-state index in [-0.39, 0.29) is 17.7 Å². The van der Waals surface area contributed by atoms with E-state index in [0.29, 0.717) is 43.8 Å². The lowest BCUT2D eigenvalue weighted by Crippen LogP contribution is -2.43. The molecule has 1 fully saturated rings. The molecule has 2 rings (SSSR count).